The van der Waals surface area contributed by atoms with E-state index in [1.54, 1.807) is 13.8 Å². The minimum Gasteiger partial charge on any atom is -0.269 e. The number of hydrogen-bond acceptors (Lipinski definition) is 2. The van der Waals surface area contributed by atoms with Crippen molar-refractivity contribution in [3.63, 3.8) is 0 Å². The Bertz CT molecular complexity index is 233. The highest BCUT2D eigenvalue weighted by atomic mass is 35.5. The van der Waals surface area contributed by atoms with E-state index in [1.807, 2.05) is 0 Å². The number of hydrogen-bond donors (Lipinski definition) is 0. The molecule has 0 aliphatic carbocycles. The summed E-state index contributed by atoms with van der Waals surface area (Å²) < 4.78 is 0. The van der Waals surface area contributed by atoms with Gasteiger partial charge in [-0.15, -0.1) is 11.6 Å². The third-order valence-electron chi connectivity index (χ3n) is 1.81. The van der Waals surface area contributed by atoms with Crippen molar-refractivity contribution < 1.29 is 9.59 Å². The number of alkyl halides is 1. The second-order valence-electron chi connectivity index (χ2n) is 2.41. The zero-order valence-electron chi connectivity index (χ0n) is 6.35. The summed E-state index contributed by atoms with van der Waals surface area (Å²) in [5.41, 5.74) is 0.992. The number of carbonyl (C=O) groups is 2. The third kappa shape index (κ3) is 1.05. The fourth-order valence-electron chi connectivity index (χ4n) is 0.926. The number of imide groups is 1. The monoisotopic (exact) mass is 173 g/mol. The van der Waals surface area contributed by atoms with Crippen LogP contribution in [-0.4, -0.2) is 22.7 Å². The predicted molar refractivity (Wildman–Crippen MR) is 40.9 cm³/mol. The lowest BCUT2D eigenvalue weighted by atomic mass is 10.2. The van der Waals surface area contributed by atoms with E-state index in [2.05, 4.69) is 0 Å². The van der Waals surface area contributed by atoms with Gasteiger partial charge in [0.05, 0.1) is 0 Å². The molecule has 1 aliphatic heterocycles. The topological polar surface area (TPSA) is 37.4 Å². The zero-order chi connectivity index (χ0) is 8.59. The fraction of sp³-hybridized carbons (Fsp3) is 0.429. The van der Waals surface area contributed by atoms with Crippen molar-refractivity contribution in [3.8, 4) is 0 Å². The molecule has 0 unspecified atom stereocenters. The van der Waals surface area contributed by atoms with Crippen molar-refractivity contribution in [2.75, 3.05) is 6.00 Å². The van der Waals surface area contributed by atoms with Crippen molar-refractivity contribution in [3.05, 3.63) is 11.1 Å². The maximum Gasteiger partial charge on any atom is 0.257 e. The summed E-state index contributed by atoms with van der Waals surface area (Å²) in [5.74, 6) is -0.551. The van der Waals surface area contributed by atoms with Crippen molar-refractivity contribution >= 4 is 23.4 Å². The predicted octanol–water partition coefficient (Wildman–Crippen LogP) is 0.888. The van der Waals surface area contributed by atoms with E-state index < -0.39 is 0 Å². The van der Waals surface area contributed by atoms with E-state index in [0.29, 0.717) is 11.1 Å². The minimum absolute atomic E-state index is 0.0631. The molecule has 0 aromatic heterocycles. The molecule has 0 bridgehead atoms. The Balaban J connectivity index is 3.02. The fourth-order valence-corrected chi connectivity index (χ4v) is 1.14. The van der Waals surface area contributed by atoms with Gasteiger partial charge in [0.25, 0.3) is 11.8 Å². The maximum absolute atomic E-state index is 11.1. The Hall–Kier alpha value is -0.830. The van der Waals surface area contributed by atoms with E-state index in [9.17, 15) is 9.59 Å². The first-order valence-electron chi connectivity index (χ1n) is 3.19. The summed E-state index contributed by atoms with van der Waals surface area (Å²) in [7, 11) is 0. The van der Waals surface area contributed by atoms with Crippen molar-refractivity contribution in [2.24, 2.45) is 0 Å². The first-order valence-corrected chi connectivity index (χ1v) is 3.72. The molecule has 1 heterocycles. The number of carbonyl (C=O) groups excluding carboxylic acids is 2. The van der Waals surface area contributed by atoms with Crippen LogP contribution >= 0.6 is 11.6 Å². The van der Waals surface area contributed by atoms with Crippen LogP contribution < -0.4 is 0 Å². The quantitative estimate of drug-likeness (QED) is 0.336. The highest BCUT2D eigenvalue weighted by molar-refractivity contribution is 6.25. The smallest absolute Gasteiger partial charge is 0.257 e. The molecule has 1 aliphatic rings. The summed E-state index contributed by atoms with van der Waals surface area (Å²) in [6.45, 7) is 3.25. The Labute approximate surface area is 69.6 Å². The van der Waals surface area contributed by atoms with E-state index in [-0.39, 0.29) is 17.8 Å². The molecule has 0 saturated heterocycles. The molecule has 0 aromatic carbocycles. The van der Waals surface area contributed by atoms with E-state index in [1.165, 1.54) is 0 Å². The molecule has 0 atom stereocenters. The molecule has 0 radical (unpaired) electrons. The molecule has 3 nitrogen and oxygen atoms in total. The zero-order valence-corrected chi connectivity index (χ0v) is 7.10. The van der Waals surface area contributed by atoms with Gasteiger partial charge in [0.1, 0.15) is 6.00 Å². The SMILES string of the molecule is CC1=C(C)C(=O)N(CCl)C1=O. The number of nitrogens with zero attached hydrogens (tertiary/aromatic N) is 1. The van der Waals surface area contributed by atoms with Crippen LogP contribution in [-0.2, 0) is 9.59 Å². The van der Waals surface area contributed by atoms with Crippen LogP contribution in [0.5, 0.6) is 0 Å². The third-order valence-corrected chi connectivity index (χ3v) is 2.05. The summed E-state index contributed by atoms with van der Waals surface area (Å²) in [4.78, 5) is 23.3. The van der Waals surface area contributed by atoms with Gasteiger partial charge in [0, 0.05) is 11.1 Å². The second-order valence-corrected chi connectivity index (χ2v) is 2.65. The molecule has 0 saturated carbocycles. The van der Waals surface area contributed by atoms with Crippen LogP contribution in [0.2, 0.25) is 0 Å². The molecule has 0 N–H and O–H groups in total. The van der Waals surface area contributed by atoms with Crippen LogP contribution in [0, 0.1) is 0 Å². The Morgan fingerprint density at radius 2 is 1.55 bits per heavy atom. The minimum atomic E-state index is -0.275. The first kappa shape index (κ1) is 8.27. The first-order chi connectivity index (χ1) is 5.09. The maximum atomic E-state index is 11.1. The van der Waals surface area contributed by atoms with Gasteiger partial charge in [-0.05, 0) is 13.8 Å². The van der Waals surface area contributed by atoms with Gasteiger partial charge >= 0.3 is 0 Å². The molecule has 0 spiro atoms. The highest BCUT2D eigenvalue weighted by Crippen LogP contribution is 2.19. The lowest BCUT2D eigenvalue weighted by molar-refractivity contribution is -0.136. The van der Waals surface area contributed by atoms with Gasteiger partial charge in [-0.3, -0.25) is 14.5 Å². The average Bonchev–Trinajstić information content (AvgIpc) is 2.17. The molecule has 4 heteroatoms. The summed E-state index contributed by atoms with van der Waals surface area (Å²) in [6.07, 6.45) is 0. The Morgan fingerprint density at radius 3 is 1.73 bits per heavy atom. The summed E-state index contributed by atoms with van der Waals surface area (Å²) in [6, 6.07) is -0.0631. The standard InChI is InChI=1S/C7H8ClNO2/c1-4-5(2)7(11)9(3-8)6(4)10/h3H2,1-2H3. The number of amides is 2. The number of rotatable bonds is 1. The van der Waals surface area contributed by atoms with Crippen LogP contribution in [0.15, 0.2) is 11.1 Å². The highest BCUT2D eigenvalue weighted by Gasteiger charge is 2.32. The molecule has 2 amide bonds. The largest absolute Gasteiger partial charge is 0.269 e. The summed E-state index contributed by atoms with van der Waals surface area (Å²) in [5, 5.41) is 0. The van der Waals surface area contributed by atoms with Gasteiger partial charge < -0.3 is 0 Å². The molecule has 0 fully saturated rings. The van der Waals surface area contributed by atoms with E-state index >= 15 is 0 Å². The molecule has 11 heavy (non-hydrogen) atoms. The molecule has 0 aromatic rings. The van der Waals surface area contributed by atoms with Crippen LogP contribution in [0.4, 0.5) is 0 Å². The average molecular weight is 174 g/mol. The van der Waals surface area contributed by atoms with E-state index in [4.69, 9.17) is 11.6 Å². The van der Waals surface area contributed by atoms with Gasteiger partial charge in [0.15, 0.2) is 0 Å². The van der Waals surface area contributed by atoms with Crippen LogP contribution in [0.25, 0.3) is 0 Å². The van der Waals surface area contributed by atoms with Gasteiger partial charge in [-0.2, -0.15) is 0 Å². The van der Waals surface area contributed by atoms with Crippen molar-refractivity contribution in [1.29, 1.82) is 0 Å². The van der Waals surface area contributed by atoms with Gasteiger partial charge in [-0.25, -0.2) is 0 Å². The van der Waals surface area contributed by atoms with Gasteiger partial charge in [-0.1, -0.05) is 0 Å². The molecular formula is C7H8ClNO2. The normalized spacial score (nSPS) is 18.6. The lowest BCUT2D eigenvalue weighted by Gasteiger charge is -2.08. The number of halogens is 1. The second kappa shape index (κ2) is 2.66. The Kier molecular flexibility index (Phi) is 2.00. The van der Waals surface area contributed by atoms with Crippen LogP contribution in [0.1, 0.15) is 13.8 Å². The molecule has 1 rings (SSSR count). The van der Waals surface area contributed by atoms with E-state index in [0.717, 1.165) is 4.90 Å². The Morgan fingerprint density at radius 1 is 1.18 bits per heavy atom. The molecular weight excluding hydrogens is 166 g/mol. The van der Waals surface area contributed by atoms with Crippen LogP contribution in [0.3, 0.4) is 0 Å². The van der Waals surface area contributed by atoms with Crippen molar-refractivity contribution in [1.82, 2.24) is 4.90 Å². The lowest BCUT2D eigenvalue weighted by Crippen LogP contribution is -2.29. The van der Waals surface area contributed by atoms with Crippen molar-refractivity contribution in [2.45, 2.75) is 13.8 Å². The van der Waals surface area contributed by atoms with Gasteiger partial charge in [0.2, 0.25) is 0 Å². The molecule has 60 valence electrons. The summed E-state index contributed by atoms with van der Waals surface area (Å²) >= 11 is 5.39.